The van der Waals surface area contributed by atoms with Crippen molar-refractivity contribution in [2.75, 3.05) is 6.61 Å². The van der Waals surface area contributed by atoms with Crippen LogP contribution in [-0.4, -0.2) is 21.7 Å². The number of aromatic nitrogens is 2. The number of rotatable bonds is 8. The number of thiazole rings is 1. The Hall–Kier alpha value is -3.24. The Morgan fingerprint density at radius 2 is 1.79 bits per heavy atom. The Labute approximate surface area is 264 Å². The minimum absolute atomic E-state index is 0.159. The first-order valence-corrected chi connectivity index (χ1v) is 16.3. The predicted molar refractivity (Wildman–Crippen MR) is 178 cm³/mol. The van der Waals surface area contributed by atoms with E-state index in [-0.39, 0.29) is 12.2 Å². The molecule has 0 saturated carbocycles. The lowest BCUT2D eigenvalue weighted by atomic mass is 9.92. The van der Waals surface area contributed by atoms with Gasteiger partial charge in [0.25, 0.3) is 5.56 Å². The number of esters is 1. The van der Waals surface area contributed by atoms with E-state index in [1.165, 1.54) is 20.5 Å². The topological polar surface area (TPSA) is 65.6 Å². The molecule has 6 nitrogen and oxygen atoms in total. The number of allylic oxidation sites excluding steroid dienone is 1. The van der Waals surface area contributed by atoms with Crippen molar-refractivity contribution in [3.05, 3.63) is 117 Å². The zero-order chi connectivity index (χ0) is 30.1. The summed E-state index contributed by atoms with van der Waals surface area (Å²) in [6.45, 7) is 12.6. The molecule has 0 amide bonds. The third-order valence-electron chi connectivity index (χ3n) is 7.65. The van der Waals surface area contributed by atoms with Crippen molar-refractivity contribution in [1.82, 2.24) is 9.13 Å². The molecule has 218 valence electrons. The van der Waals surface area contributed by atoms with Crippen LogP contribution in [0.3, 0.4) is 0 Å². The molecule has 5 rings (SSSR count). The number of carbonyl (C=O) groups is 1. The highest BCUT2D eigenvalue weighted by Gasteiger charge is 2.34. The van der Waals surface area contributed by atoms with Gasteiger partial charge in [0, 0.05) is 20.6 Å². The summed E-state index contributed by atoms with van der Waals surface area (Å²) < 4.78 is 11.2. The molecule has 8 heteroatoms. The van der Waals surface area contributed by atoms with Crippen LogP contribution in [0.15, 0.2) is 75.7 Å². The number of nitrogens with zero attached hydrogens (tertiary/aromatic N) is 3. The standard InChI is InChI=1S/C34H36IN3O3S/c1-7-9-28-30(33(40)41-8-2)31(24-12-10-23(11-13-24)20(3)4)38-32(39)29(42-34(38)36-28)19-25-18-21(5)37(22(25)6)27-16-14-26(35)15-17-27/h10-20,31H,7-9H2,1-6H3/b29-19-/t31-/m1/s1. The van der Waals surface area contributed by atoms with Crippen molar-refractivity contribution < 1.29 is 9.53 Å². The molecule has 0 saturated heterocycles. The molecule has 4 aromatic rings. The number of halogens is 1. The van der Waals surface area contributed by atoms with Crippen molar-refractivity contribution in [3.8, 4) is 5.69 Å². The fourth-order valence-corrected chi connectivity index (χ4v) is 6.93. The first-order chi connectivity index (χ1) is 20.1. The Kier molecular flexibility index (Phi) is 9.03. The molecule has 2 aromatic heterocycles. The quantitative estimate of drug-likeness (QED) is 0.152. The van der Waals surface area contributed by atoms with Gasteiger partial charge in [0.1, 0.15) is 0 Å². The summed E-state index contributed by atoms with van der Waals surface area (Å²) in [5.41, 5.74) is 7.26. The summed E-state index contributed by atoms with van der Waals surface area (Å²) in [5.74, 6) is -0.0479. The Morgan fingerprint density at radius 1 is 1.10 bits per heavy atom. The van der Waals surface area contributed by atoms with Crippen molar-refractivity contribution >= 4 is 46.0 Å². The van der Waals surface area contributed by atoms with Crippen LogP contribution in [0.5, 0.6) is 0 Å². The molecule has 0 N–H and O–H groups in total. The average Bonchev–Trinajstić information content (AvgIpc) is 3.42. The van der Waals surface area contributed by atoms with Gasteiger partial charge < -0.3 is 9.30 Å². The molecule has 1 atom stereocenters. The summed E-state index contributed by atoms with van der Waals surface area (Å²) in [5, 5.41) is 0. The summed E-state index contributed by atoms with van der Waals surface area (Å²) >= 11 is 3.68. The van der Waals surface area contributed by atoms with Gasteiger partial charge in [0.2, 0.25) is 0 Å². The van der Waals surface area contributed by atoms with E-state index in [0.29, 0.717) is 32.9 Å². The molecule has 42 heavy (non-hydrogen) atoms. The summed E-state index contributed by atoms with van der Waals surface area (Å²) in [4.78, 5) is 33.1. The molecule has 0 spiro atoms. The van der Waals surface area contributed by atoms with Gasteiger partial charge in [-0.3, -0.25) is 9.36 Å². The minimum atomic E-state index is -0.607. The highest BCUT2D eigenvalue weighted by molar-refractivity contribution is 14.1. The molecule has 0 aliphatic carbocycles. The van der Waals surface area contributed by atoms with Crippen LogP contribution < -0.4 is 14.9 Å². The van der Waals surface area contributed by atoms with Crippen molar-refractivity contribution in [1.29, 1.82) is 0 Å². The maximum absolute atomic E-state index is 14.2. The van der Waals surface area contributed by atoms with Crippen LogP contribution >= 0.6 is 33.9 Å². The first-order valence-electron chi connectivity index (χ1n) is 14.4. The zero-order valence-corrected chi connectivity index (χ0v) is 27.9. The Bertz CT molecular complexity index is 1840. The van der Waals surface area contributed by atoms with Crippen LogP contribution in [-0.2, 0) is 9.53 Å². The number of benzene rings is 2. The molecule has 0 fully saturated rings. The van der Waals surface area contributed by atoms with E-state index in [9.17, 15) is 9.59 Å². The molecule has 3 heterocycles. The monoisotopic (exact) mass is 693 g/mol. The van der Waals surface area contributed by atoms with Gasteiger partial charge in [-0.1, -0.05) is 62.8 Å². The highest BCUT2D eigenvalue weighted by atomic mass is 127. The van der Waals surface area contributed by atoms with Gasteiger partial charge >= 0.3 is 5.97 Å². The van der Waals surface area contributed by atoms with Gasteiger partial charge in [-0.25, -0.2) is 9.79 Å². The third-order valence-corrected chi connectivity index (χ3v) is 9.35. The average molecular weight is 694 g/mol. The molecule has 0 bridgehead atoms. The first kappa shape index (κ1) is 30.2. The van der Waals surface area contributed by atoms with Gasteiger partial charge in [-0.05, 0) is 109 Å². The lowest BCUT2D eigenvalue weighted by molar-refractivity contribution is -0.139. The summed E-state index contributed by atoms with van der Waals surface area (Å²) in [6.07, 6.45) is 3.40. The van der Waals surface area contributed by atoms with E-state index in [1.807, 2.05) is 18.2 Å². The number of hydrogen-bond acceptors (Lipinski definition) is 5. The van der Waals surface area contributed by atoms with Crippen LogP contribution in [0.2, 0.25) is 0 Å². The van der Waals surface area contributed by atoms with Crippen molar-refractivity contribution in [3.63, 3.8) is 0 Å². The Balaban J connectivity index is 1.71. The molecule has 1 aliphatic heterocycles. The molecular formula is C34H36IN3O3S. The van der Waals surface area contributed by atoms with E-state index in [4.69, 9.17) is 9.73 Å². The largest absolute Gasteiger partial charge is 0.463 e. The van der Waals surface area contributed by atoms with E-state index < -0.39 is 12.0 Å². The second-order valence-corrected chi connectivity index (χ2v) is 13.1. The minimum Gasteiger partial charge on any atom is -0.463 e. The maximum Gasteiger partial charge on any atom is 0.338 e. The van der Waals surface area contributed by atoms with Gasteiger partial charge in [-0.2, -0.15) is 0 Å². The molecule has 0 radical (unpaired) electrons. The zero-order valence-electron chi connectivity index (χ0n) is 24.9. The second-order valence-electron chi connectivity index (χ2n) is 10.9. The molecule has 0 unspecified atom stereocenters. The fraction of sp³-hybridized carbons (Fsp3) is 0.324. The number of ether oxygens (including phenoxy) is 1. The summed E-state index contributed by atoms with van der Waals surface area (Å²) in [7, 11) is 0. The van der Waals surface area contributed by atoms with Gasteiger partial charge in [0.15, 0.2) is 4.80 Å². The van der Waals surface area contributed by atoms with Crippen LogP contribution in [0.25, 0.3) is 11.8 Å². The SMILES string of the molecule is CCCC1=C(C(=O)OCC)[C@@H](c2ccc(C(C)C)cc2)n2c(s/c(=C\c3cc(C)n(-c4ccc(I)cc4)c3C)c2=O)=N1. The molecular weight excluding hydrogens is 657 g/mol. The number of hydrogen-bond donors (Lipinski definition) is 0. The lowest BCUT2D eigenvalue weighted by Crippen LogP contribution is -2.40. The fourth-order valence-electron chi connectivity index (χ4n) is 5.56. The van der Waals surface area contributed by atoms with Gasteiger partial charge in [0.05, 0.1) is 28.5 Å². The molecule has 2 aromatic carbocycles. The number of carbonyl (C=O) groups excluding carboxylic acids is 1. The van der Waals surface area contributed by atoms with Crippen molar-refractivity contribution in [2.24, 2.45) is 4.99 Å². The van der Waals surface area contributed by atoms with E-state index in [0.717, 1.165) is 34.6 Å². The van der Waals surface area contributed by atoms with E-state index in [1.54, 1.807) is 11.5 Å². The third kappa shape index (κ3) is 5.71. The maximum atomic E-state index is 14.2. The van der Waals surface area contributed by atoms with Crippen LogP contribution in [0, 0.1) is 17.4 Å². The van der Waals surface area contributed by atoms with Crippen LogP contribution in [0.4, 0.5) is 0 Å². The molecule has 1 aliphatic rings. The van der Waals surface area contributed by atoms with Gasteiger partial charge in [-0.15, -0.1) is 0 Å². The second kappa shape index (κ2) is 12.6. The summed E-state index contributed by atoms with van der Waals surface area (Å²) in [6, 6.07) is 18.1. The number of fused-ring (bicyclic) bond motifs is 1. The smallest absolute Gasteiger partial charge is 0.338 e. The lowest BCUT2D eigenvalue weighted by Gasteiger charge is -2.26. The predicted octanol–water partition coefficient (Wildman–Crippen LogP) is 6.71. The van der Waals surface area contributed by atoms with E-state index >= 15 is 0 Å². The van der Waals surface area contributed by atoms with E-state index in [2.05, 4.69) is 104 Å². The Morgan fingerprint density at radius 3 is 2.40 bits per heavy atom. The highest BCUT2D eigenvalue weighted by Crippen LogP contribution is 2.33. The normalized spacial score (nSPS) is 15.2. The van der Waals surface area contributed by atoms with Crippen molar-refractivity contribution in [2.45, 2.75) is 66.3 Å². The van der Waals surface area contributed by atoms with Crippen LogP contribution in [0.1, 0.15) is 80.6 Å². The number of aryl methyl sites for hydroxylation is 1.